The zero-order valence-electron chi connectivity index (χ0n) is 10.5. The molecule has 0 unspecified atom stereocenters. The average molecular weight is 288 g/mol. The summed E-state index contributed by atoms with van der Waals surface area (Å²) >= 11 is 6.09. The van der Waals surface area contributed by atoms with Crippen LogP contribution in [-0.4, -0.2) is 26.0 Å². The lowest BCUT2D eigenvalue weighted by molar-refractivity contribution is 0.0699. The molecule has 2 N–H and O–H groups in total. The fourth-order valence-corrected chi connectivity index (χ4v) is 2.15. The molecule has 0 spiro atoms. The summed E-state index contributed by atoms with van der Waals surface area (Å²) in [6.07, 6.45) is 1.43. The van der Waals surface area contributed by atoms with Crippen molar-refractivity contribution in [2.45, 2.75) is 6.92 Å². The Morgan fingerprint density at radius 2 is 2.15 bits per heavy atom. The summed E-state index contributed by atoms with van der Waals surface area (Å²) in [5.74, 6) is -0.474. The van der Waals surface area contributed by atoms with Crippen LogP contribution in [0.1, 0.15) is 15.9 Å². The van der Waals surface area contributed by atoms with Gasteiger partial charge in [-0.1, -0.05) is 23.7 Å². The number of aromatic nitrogens is 3. The molecule has 6 heteroatoms. The SMILES string of the molecule is Cc1ccc(-c2nc3nccc(C(=O)O)c3[nH]2)cc1Cl. The van der Waals surface area contributed by atoms with Gasteiger partial charge in [-0.05, 0) is 24.6 Å². The van der Waals surface area contributed by atoms with E-state index in [0.29, 0.717) is 22.0 Å². The summed E-state index contributed by atoms with van der Waals surface area (Å²) in [6, 6.07) is 6.99. The minimum absolute atomic E-state index is 0.145. The smallest absolute Gasteiger partial charge is 0.338 e. The summed E-state index contributed by atoms with van der Waals surface area (Å²) in [5.41, 5.74) is 2.68. The molecule has 2 aromatic heterocycles. The summed E-state index contributed by atoms with van der Waals surface area (Å²) in [5, 5.41) is 9.78. The molecule has 5 nitrogen and oxygen atoms in total. The fraction of sp³-hybridized carbons (Fsp3) is 0.0714. The number of carboxylic acid groups (broad SMARTS) is 1. The molecule has 0 saturated carbocycles. The van der Waals surface area contributed by atoms with E-state index in [-0.39, 0.29) is 5.56 Å². The highest BCUT2D eigenvalue weighted by atomic mass is 35.5. The van der Waals surface area contributed by atoms with Crippen LogP contribution in [0.5, 0.6) is 0 Å². The third kappa shape index (κ3) is 2.02. The van der Waals surface area contributed by atoms with Gasteiger partial charge in [-0.15, -0.1) is 0 Å². The second kappa shape index (κ2) is 4.61. The van der Waals surface area contributed by atoms with Crippen molar-refractivity contribution >= 4 is 28.7 Å². The average Bonchev–Trinajstić information content (AvgIpc) is 2.85. The van der Waals surface area contributed by atoms with Crippen molar-refractivity contribution in [2.75, 3.05) is 0 Å². The summed E-state index contributed by atoms with van der Waals surface area (Å²) in [6.45, 7) is 1.91. The lowest BCUT2D eigenvalue weighted by atomic mass is 10.1. The molecule has 0 aliphatic carbocycles. The van der Waals surface area contributed by atoms with Crippen LogP contribution in [0.2, 0.25) is 5.02 Å². The van der Waals surface area contributed by atoms with Crippen LogP contribution in [0.15, 0.2) is 30.5 Å². The summed E-state index contributed by atoms with van der Waals surface area (Å²) in [7, 11) is 0. The maximum absolute atomic E-state index is 11.2. The minimum atomic E-state index is -1.02. The predicted molar refractivity (Wildman–Crippen MR) is 76.0 cm³/mol. The third-order valence-corrected chi connectivity index (χ3v) is 3.47. The largest absolute Gasteiger partial charge is 0.478 e. The van der Waals surface area contributed by atoms with Gasteiger partial charge < -0.3 is 10.1 Å². The van der Waals surface area contributed by atoms with E-state index in [1.54, 1.807) is 6.07 Å². The first-order valence-electron chi connectivity index (χ1n) is 5.91. The van der Waals surface area contributed by atoms with Gasteiger partial charge in [0.25, 0.3) is 0 Å². The maximum Gasteiger partial charge on any atom is 0.338 e. The van der Waals surface area contributed by atoms with Gasteiger partial charge in [0.2, 0.25) is 0 Å². The first kappa shape index (κ1) is 12.6. The van der Waals surface area contributed by atoms with Crippen molar-refractivity contribution in [3.8, 4) is 11.4 Å². The number of carboxylic acids is 1. The van der Waals surface area contributed by atoms with E-state index in [9.17, 15) is 4.79 Å². The van der Waals surface area contributed by atoms with Crippen molar-refractivity contribution < 1.29 is 9.90 Å². The van der Waals surface area contributed by atoms with Crippen molar-refractivity contribution in [3.63, 3.8) is 0 Å². The minimum Gasteiger partial charge on any atom is -0.478 e. The Hall–Kier alpha value is -2.40. The number of hydrogen-bond acceptors (Lipinski definition) is 3. The first-order valence-corrected chi connectivity index (χ1v) is 6.28. The van der Waals surface area contributed by atoms with Gasteiger partial charge in [-0.3, -0.25) is 0 Å². The number of rotatable bonds is 2. The molecule has 0 atom stereocenters. The molecule has 0 aliphatic rings. The van der Waals surface area contributed by atoms with Crippen LogP contribution >= 0.6 is 11.6 Å². The Morgan fingerprint density at radius 1 is 1.35 bits per heavy atom. The van der Waals surface area contributed by atoms with Gasteiger partial charge in [0, 0.05) is 16.8 Å². The lowest BCUT2D eigenvalue weighted by Crippen LogP contribution is -1.97. The Morgan fingerprint density at radius 3 is 2.85 bits per heavy atom. The number of aromatic amines is 1. The number of benzene rings is 1. The Bertz CT molecular complexity index is 826. The third-order valence-electron chi connectivity index (χ3n) is 3.07. The van der Waals surface area contributed by atoms with Crippen LogP contribution in [-0.2, 0) is 0 Å². The number of imidazole rings is 1. The zero-order valence-corrected chi connectivity index (χ0v) is 11.3. The number of halogens is 1. The number of aryl methyl sites for hydroxylation is 1. The van der Waals surface area contributed by atoms with Crippen LogP contribution in [0.25, 0.3) is 22.6 Å². The molecule has 0 radical (unpaired) electrons. The zero-order chi connectivity index (χ0) is 14.3. The van der Waals surface area contributed by atoms with E-state index < -0.39 is 5.97 Å². The number of pyridine rings is 1. The highest BCUT2D eigenvalue weighted by Gasteiger charge is 2.14. The second-order valence-corrected chi connectivity index (χ2v) is 4.82. The topological polar surface area (TPSA) is 78.9 Å². The first-order chi connectivity index (χ1) is 9.56. The van der Waals surface area contributed by atoms with E-state index in [2.05, 4.69) is 15.0 Å². The molecule has 100 valence electrons. The number of nitrogens with zero attached hydrogens (tertiary/aromatic N) is 2. The molecule has 3 rings (SSSR count). The highest BCUT2D eigenvalue weighted by molar-refractivity contribution is 6.31. The van der Waals surface area contributed by atoms with Crippen LogP contribution in [0.4, 0.5) is 0 Å². The molecular weight excluding hydrogens is 278 g/mol. The molecule has 0 amide bonds. The number of hydrogen-bond donors (Lipinski definition) is 2. The Balaban J connectivity index is 2.20. The molecule has 0 bridgehead atoms. The Kier molecular flexibility index (Phi) is 2.91. The van der Waals surface area contributed by atoms with Crippen molar-refractivity contribution in [1.29, 1.82) is 0 Å². The van der Waals surface area contributed by atoms with Gasteiger partial charge in [-0.25, -0.2) is 14.8 Å². The van der Waals surface area contributed by atoms with Gasteiger partial charge in [-0.2, -0.15) is 0 Å². The number of fused-ring (bicyclic) bond motifs is 1. The van der Waals surface area contributed by atoms with Crippen LogP contribution in [0, 0.1) is 6.92 Å². The normalized spacial score (nSPS) is 10.9. The van der Waals surface area contributed by atoms with E-state index in [1.165, 1.54) is 12.3 Å². The standard InChI is InChI=1S/C14H10ClN3O2/c1-7-2-3-8(6-10(7)15)12-17-11-9(14(19)20)4-5-16-13(11)18-12/h2-6H,1H3,(H,19,20)(H,16,17,18). The quantitative estimate of drug-likeness (QED) is 0.758. The summed E-state index contributed by atoms with van der Waals surface area (Å²) < 4.78 is 0. The molecular formula is C14H10ClN3O2. The van der Waals surface area contributed by atoms with E-state index in [1.807, 2.05) is 19.1 Å². The fourth-order valence-electron chi connectivity index (χ4n) is 1.97. The van der Waals surface area contributed by atoms with E-state index in [0.717, 1.165) is 11.1 Å². The number of nitrogens with one attached hydrogen (secondary N) is 1. The molecule has 3 aromatic rings. The molecule has 20 heavy (non-hydrogen) atoms. The molecule has 1 aromatic carbocycles. The molecule has 2 heterocycles. The van der Waals surface area contributed by atoms with Gasteiger partial charge in [0.05, 0.1) is 11.1 Å². The van der Waals surface area contributed by atoms with Crippen LogP contribution < -0.4 is 0 Å². The van der Waals surface area contributed by atoms with Crippen LogP contribution in [0.3, 0.4) is 0 Å². The number of H-pyrrole nitrogens is 1. The van der Waals surface area contributed by atoms with Gasteiger partial charge >= 0.3 is 5.97 Å². The molecule has 0 fully saturated rings. The second-order valence-electron chi connectivity index (χ2n) is 4.41. The van der Waals surface area contributed by atoms with E-state index in [4.69, 9.17) is 16.7 Å². The molecule has 0 saturated heterocycles. The summed E-state index contributed by atoms with van der Waals surface area (Å²) in [4.78, 5) is 22.5. The van der Waals surface area contributed by atoms with Crippen molar-refractivity contribution in [1.82, 2.24) is 15.0 Å². The number of aromatic carboxylic acids is 1. The van der Waals surface area contributed by atoms with Gasteiger partial charge in [0.1, 0.15) is 5.82 Å². The van der Waals surface area contributed by atoms with Gasteiger partial charge in [0.15, 0.2) is 5.65 Å². The molecule has 0 aliphatic heterocycles. The lowest BCUT2D eigenvalue weighted by Gasteiger charge is -2.00. The van der Waals surface area contributed by atoms with Crippen molar-refractivity contribution in [3.05, 3.63) is 46.6 Å². The predicted octanol–water partition coefficient (Wildman–Crippen LogP) is 3.28. The van der Waals surface area contributed by atoms with Crippen molar-refractivity contribution in [2.24, 2.45) is 0 Å². The maximum atomic E-state index is 11.2. The monoisotopic (exact) mass is 287 g/mol. The number of carbonyl (C=O) groups is 1. The van der Waals surface area contributed by atoms with E-state index >= 15 is 0 Å². The highest BCUT2D eigenvalue weighted by Crippen LogP contribution is 2.25. The Labute approximate surface area is 119 Å².